The van der Waals surface area contributed by atoms with E-state index in [4.69, 9.17) is 0 Å². The van der Waals surface area contributed by atoms with Crippen molar-refractivity contribution < 1.29 is 10.2 Å². The third-order valence-corrected chi connectivity index (χ3v) is 2.21. The van der Waals surface area contributed by atoms with Crippen LogP contribution in [0.25, 0.3) is 11.0 Å². The topological polar surface area (TPSA) is 78.2 Å². The zero-order chi connectivity index (χ0) is 11.0. The highest BCUT2D eigenvalue weighted by atomic mass is 16.3. The number of nitrogens with zero attached hydrogens (tertiary/aromatic N) is 1. The molecule has 0 amide bonds. The Kier molecular flexibility index (Phi) is 2.24. The van der Waals surface area contributed by atoms with E-state index in [9.17, 15) is 15.0 Å². The van der Waals surface area contributed by atoms with Gasteiger partial charge in [-0.05, 0) is 19.1 Å². The smallest absolute Gasteiger partial charge is 0.326 e. The van der Waals surface area contributed by atoms with E-state index in [2.05, 4.69) is 4.98 Å². The number of aliphatic hydroxyl groups excluding tert-OH is 1. The summed E-state index contributed by atoms with van der Waals surface area (Å²) in [5, 5.41) is 18.5. The Morgan fingerprint density at radius 3 is 2.93 bits per heavy atom. The van der Waals surface area contributed by atoms with Gasteiger partial charge < -0.3 is 15.2 Å². The second-order valence-corrected chi connectivity index (χ2v) is 3.59. The summed E-state index contributed by atoms with van der Waals surface area (Å²) in [4.78, 5) is 14.1. The number of imidazole rings is 1. The quantitative estimate of drug-likeness (QED) is 0.669. The van der Waals surface area contributed by atoms with Crippen LogP contribution in [0.4, 0.5) is 0 Å². The van der Waals surface area contributed by atoms with Gasteiger partial charge in [0.1, 0.15) is 5.75 Å². The maximum Gasteiger partial charge on any atom is 0.326 e. The highest BCUT2D eigenvalue weighted by Crippen LogP contribution is 2.17. The van der Waals surface area contributed by atoms with Crippen molar-refractivity contribution in [2.24, 2.45) is 0 Å². The number of phenols is 1. The highest BCUT2D eigenvalue weighted by molar-refractivity contribution is 5.76. The number of benzene rings is 1. The number of hydrogen-bond acceptors (Lipinski definition) is 3. The predicted molar refractivity (Wildman–Crippen MR) is 55.9 cm³/mol. The van der Waals surface area contributed by atoms with Crippen molar-refractivity contribution in [3.63, 3.8) is 0 Å². The number of aromatic nitrogens is 2. The molecule has 0 aliphatic rings. The van der Waals surface area contributed by atoms with Gasteiger partial charge in [-0.25, -0.2) is 4.79 Å². The molecule has 0 radical (unpaired) electrons. The van der Waals surface area contributed by atoms with Crippen LogP contribution in [-0.4, -0.2) is 25.9 Å². The van der Waals surface area contributed by atoms with Crippen molar-refractivity contribution in [1.29, 1.82) is 0 Å². The molecule has 1 unspecified atom stereocenters. The lowest BCUT2D eigenvalue weighted by atomic mass is 10.3. The fourth-order valence-corrected chi connectivity index (χ4v) is 1.59. The Hall–Kier alpha value is -1.75. The molecule has 15 heavy (non-hydrogen) atoms. The van der Waals surface area contributed by atoms with Crippen LogP contribution in [-0.2, 0) is 6.54 Å². The molecular weight excluding hydrogens is 196 g/mol. The molecule has 1 aromatic heterocycles. The number of hydrogen-bond donors (Lipinski definition) is 3. The summed E-state index contributed by atoms with van der Waals surface area (Å²) >= 11 is 0. The normalized spacial score (nSPS) is 13.2. The van der Waals surface area contributed by atoms with Crippen molar-refractivity contribution in [1.82, 2.24) is 9.55 Å². The van der Waals surface area contributed by atoms with Crippen molar-refractivity contribution in [3.8, 4) is 5.75 Å². The molecule has 5 nitrogen and oxygen atoms in total. The van der Waals surface area contributed by atoms with Gasteiger partial charge in [-0.2, -0.15) is 0 Å². The van der Waals surface area contributed by atoms with Gasteiger partial charge in [0.25, 0.3) is 0 Å². The Morgan fingerprint density at radius 2 is 2.27 bits per heavy atom. The molecule has 0 spiro atoms. The first-order valence-corrected chi connectivity index (χ1v) is 4.67. The molecule has 0 saturated heterocycles. The number of rotatable bonds is 2. The van der Waals surface area contributed by atoms with Crippen LogP contribution in [0, 0.1) is 0 Å². The lowest BCUT2D eigenvalue weighted by Crippen LogP contribution is -2.22. The van der Waals surface area contributed by atoms with E-state index in [-0.39, 0.29) is 18.0 Å². The number of aromatic hydroxyl groups is 1. The molecule has 5 heteroatoms. The highest BCUT2D eigenvalue weighted by Gasteiger charge is 2.08. The standard InChI is InChI=1S/C10H12N2O3/c1-6(13)5-12-9-4-7(14)2-3-8(9)11-10(12)15/h2-4,6,13-14H,5H2,1H3,(H,11,15). The molecule has 2 rings (SSSR count). The summed E-state index contributed by atoms with van der Waals surface area (Å²) in [7, 11) is 0. The lowest BCUT2D eigenvalue weighted by molar-refractivity contribution is 0.174. The number of fused-ring (bicyclic) bond motifs is 1. The first-order valence-electron chi connectivity index (χ1n) is 4.67. The molecule has 1 atom stereocenters. The molecule has 3 N–H and O–H groups in total. The number of aromatic amines is 1. The summed E-state index contributed by atoms with van der Waals surface area (Å²) in [6.07, 6.45) is -0.607. The molecule has 0 aliphatic carbocycles. The average Bonchev–Trinajstić information content (AvgIpc) is 2.43. The summed E-state index contributed by atoms with van der Waals surface area (Å²) in [6.45, 7) is 1.82. The molecule has 1 heterocycles. The van der Waals surface area contributed by atoms with Crippen molar-refractivity contribution in [3.05, 3.63) is 28.7 Å². The first-order chi connectivity index (χ1) is 7.08. The van der Waals surface area contributed by atoms with Crippen LogP contribution in [0.5, 0.6) is 5.75 Å². The maximum atomic E-state index is 11.5. The maximum absolute atomic E-state index is 11.5. The number of phenolic OH excluding ortho intramolecular Hbond substituents is 1. The van der Waals surface area contributed by atoms with Gasteiger partial charge in [-0.1, -0.05) is 0 Å². The van der Waals surface area contributed by atoms with Crippen LogP contribution < -0.4 is 5.69 Å². The lowest BCUT2D eigenvalue weighted by Gasteiger charge is -2.05. The van der Waals surface area contributed by atoms with E-state index in [0.717, 1.165) is 0 Å². The fraction of sp³-hybridized carbons (Fsp3) is 0.300. The summed E-state index contributed by atoms with van der Waals surface area (Å²) in [5.74, 6) is 0.0980. The molecule has 1 aromatic carbocycles. The third-order valence-electron chi connectivity index (χ3n) is 2.21. The minimum absolute atomic E-state index is 0.0980. The Labute approximate surface area is 85.6 Å². The second kappa shape index (κ2) is 3.43. The van der Waals surface area contributed by atoms with Gasteiger partial charge in [0.2, 0.25) is 0 Å². The van der Waals surface area contributed by atoms with Crippen LogP contribution in [0.1, 0.15) is 6.92 Å². The number of aliphatic hydroxyl groups is 1. The fourth-order valence-electron chi connectivity index (χ4n) is 1.59. The molecule has 0 aliphatic heterocycles. The second-order valence-electron chi connectivity index (χ2n) is 3.59. The zero-order valence-corrected chi connectivity index (χ0v) is 8.27. The number of nitrogens with one attached hydrogen (secondary N) is 1. The van der Waals surface area contributed by atoms with E-state index >= 15 is 0 Å². The molecule has 2 aromatic rings. The Bertz CT molecular complexity index is 539. The van der Waals surface area contributed by atoms with E-state index in [0.29, 0.717) is 11.0 Å². The average molecular weight is 208 g/mol. The monoisotopic (exact) mass is 208 g/mol. The van der Waals surface area contributed by atoms with Crippen LogP contribution in [0.3, 0.4) is 0 Å². The SMILES string of the molecule is CC(O)Cn1c(=O)[nH]c2ccc(O)cc21. The van der Waals surface area contributed by atoms with Gasteiger partial charge in [0, 0.05) is 6.07 Å². The van der Waals surface area contributed by atoms with Crippen molar-refractivity contribution in [2.45, 2.75) is 19.6 Å². The van der Waals surface area contributed by atoms with Crippen LogP contribution in [0.15, 0.2) is 23.0 Å². The predicted octanol–water partition coefficient (Wildman–Crippen LogP) is 0.416. The van der Waals surface area contributed by atoms with Crippen LogP contribution >= 0.6 is 0 Å². The van der Waals surface area contributed by atoms with E-state index in [1.54, 1.807) is 13.0 Å². The summed E-state index contributed by atoms with van der Waals surface area (Å²) < 4.78 is 1.40. The minimum atomic E-state index is -0.607. The molecule has 0 fully saturated rings. The molecule has 0 saturated carbocycles. The number of H-pyrrole nitrogens is 1. The Morgan fingerprint density at radius 1 is 1.53 bits per heavy atom. The van der Waals surface area contributed by atoms with E-state index in [1.165, 1.54) is 16.7 Å². The van der Waals surface area contributed by atoms with Gasteiger partial charge in [-0.3, -0.25) is 4.57 Å². The third kappa shape index (κ3) is 1.73. The summed E-state index contributed by atoms with van der Waals surface area (Å²) in [6, 6.07) is 4.63. The van der Waals surface area contributed by atoms with Crippen LogP contribution in [0.2, 0.25) is 0 Å². The molecule has 80 valence electrons. The Balaban J connectivity index is 2.65. The largest absolute Gasteiger partial charge is 0.508 e. The molecular formula is C10H12N2O3. The zero-order valence-electron chi connectivity index (χ0n) is 8.27. The summed E-state index contributed by atoms with van der Waals surface area (Å²) in [5.41, 5.74) is 0.968. The van der Waals surface area contributed by atoms with Gasteiger partial charge in [0.15, 0.2) is 0 Å². The van der Waals surface area contributed by atoms with Gasteiger partial charge >= 0.3 is 5.69 Å². The molecule has 0 bridgehead atoms. The first kappa shape index (κ1) is 9.79. The van der Waals surface area contributed by atoms with Gasteiger partial charge in [0.05, 0.1) is 23.7 Å². The van der Waals surface area contributed by atoms with Crippen molar-refractivity contribution >= 4 is 11.0 Å². The van der Waals surface area contributed by atoms with Gasteiger partial charge in [-0.15, -0.1) is 0 Å². The minimum Gasteiger partial charge on any atom is -0.508 e. The van der Waals surface area contributed by atoms with E-state index in [1.807, 2.05) is 0 Å². The van der Waals surface area contributed by atoms with Crippen molar-refractivity contribution in [2.75, 3.05) is 0 Å². The van der Waals surface area contributed by atoms with E-state index < -0.39 is 6.10 Å².